The first-order valence-electron chi connectivity index (χ1n) is 4.67. The van der Waals surface area contributed by atoms with Gasteiger partial charge in [-0.25, -0.2) is 4.79 Å². The van der Waals surface area contributed by atoms with Gasteiger partial charge in [0, 0.05) is 19.8 Å². The van der Waals surface area contributed by atoms with E-state index in [0.29, 0.717) is 6.42 Å². The molecule has 0 amide bonds. The molecule has 1 unspecified atom stereocenters. The number of aryl methyl sites for hydroxylation is 1. The summed E-state index contributed by atoms with van der Waals surface area (Å²) in [6, 6.07) is 0. The van der Waals surface area contributed by atoms with Crippen LogP contribution in [-0.4, -0.2) is 20.3 Å². The number of anilines is 1. The van der Waals surface area contributed by atoms with Crippen LogP contribution in [0.2, 0.25) is 0 Å². The smallest absolute Gasteiger partial charge is 0.330 e. The maximum Gasteiger partial charge on any atom is 0.330 e. The fourth-order valence-electron chi connectivity index (χ4n) is 1.27. The Morgan fingerprint density at radius 1 is 1.53 bits per heavy atom. The van der Waals surface area contributed by atoms with Crippen LogP contribution >= 0.6 is 0 Å². The highest BCUT2D eigenvalue weighted by molar-refractivity contribution is 5.30. The number of nitrogen functional groups attached to an aromatic ring is 1. The van der Waals surface area contributed by atoms with Gasteiger partial charge >= 0.3 is 5.69 Å². The molecule has 0 saturated carbocycles. The van der Waals surface area contributed by atoms with Crippen molar-refractivity contribution < 1.29 is 5.11 Å². The molecule has 15 heavy (non-hydrogen) atoms. The Balaban J connectivity index is 3.16. The molecule has 84 valence electrons. The molecule has 1 aromatic heterocycles. The van der Waals surface area contributed by atoms with Crippen LogP contribution in [0.4, 0.5) is 5.69 Å². The van der Waals surface area contributed by atoms with Crippen molar-refractivity contribution in [2.75, 3.05) is 5.73 Å². The zero-order valence-electron chi connectivity index (χ0n) is 8.80. The zero-order valence-corrected chi connectivity index (χ0v) is 8.80. The van der Waals surface area contributed by atoms with Gasteiger partial charge in [0.2, 0.25) is 0 Å². The Hall–Kier alpha value is -1.56. The molecule has 0 saturated heterocycles. The predicted octanol–water partition coefficient (Wildman–Crippen LogP) is -1.10. The van der Waals surface area contributed by atoms with Crippen LogP contribution in [0.15, 0.2) is 15.8 Å². The summed E-state index contributed by atoms with van der Waals surface area (Å²) < 4.78 is 2.28. The topological polar surface area (TPSA) is 90.2 Å². The molecule has 0 aliphatic rings. The third kappa shape index (κ3) is 2.47. The van der Waals surface area contributed by atoms with Gasteiger partial charge in [0.15, 0.2) is 0 Å². The lowest BCUT2D eigenvalue weighted by atomic mass is 10.3. The molecule has 0 spiro atoms. The first-order chi connectivity index (χ1) is 6.93. The van der Waals surface area contributed by atoms with E-state index < -0.39 is 17.4 Å². The summed E-state index contributed by atoms with van der Waals surface area (Å²) in [5.74, 6) is 0. The van der Waals surface area contributed by atoms with E-state index in [2.05, 4.69) is 0 Å². The Bertz CT molecular complexity index is 424. The van der Waals surface area contributed by atoms with E-state index in [1.807, 2.05) is 0 Å². The predicted molar refractivity (Wildman–Crippen MR) is 56.7 cm³/mol. The van der Waals surface area contributed by atoms with Crippen molar-refractivity contribution in [3.8, 4) is 0 Å². The maximum atomic E-state index is 11.5. The number of aliphatic hydroxyl groups is 1. The fraction of sp³-hybridized carbons (Fsp3) is 0.556. The average molecular weight is 213 g/mol. The summed E-state index contributed by atoms with van der Waals surface area (Å²) >= 11 is 0. The minimum absolute atomic E-state index is 0.0303. The highest BCUT2D eigenvalue weighted by atomic mass is 16.3. The molecule has 1 atom stereocenters. The number of aliphatic hydroxyl groups excluding tert-OH is 1. The van der Waals surface area contributed by atoms with E-state index in [1.165, 1.54) is 17.8 Å². The van der Waals surface area contributed by atoms with E-state index in [-0.39, 0.29) is 12.2 Å². The van der Waals surface area contributed by atoms with Crippen LogP contribution in [0.3, 0.4) is 0 Å². The number of nitrogens with two attached hydrogens (primary N) is 1. The lowest BCUT2D eigenvalue weighted by molar-refractivity contribution is 0.176. The van der Waals surface area contributed by atoms with Gasteiger partial charge in [-0.2, -0.15) is 0 Å². The first kappa shape index (κ1) is 11.5. The lowest BCUT2D eigenvalue weighted by Crippen LogP contribution is -2.40. The van der Waals surface area contributed by atoms with Crippen LogP contribution in [0.25, 0.3) is 0 Å². The highest BCUT2D eigenvalue weighted by Crippen LogP contribution is 1.93. The SMILES string of the molecule is CC(O)CCn1c(=O)c(N)cn(C)c1=O. The van der Waals surface area contributed by atoms with E-state index in [9.17, 15) is 9.59 Å². The molecule has 0 aromatic carbocycles. The van der Waals surface area contributed by atoms with Crippen LogP contribution < -0.4 is 17.0 Å². The van der Waals surface area contributed by atoms with Gasteiger partial charge in [0.1, 0.15) is 5.69 Å². The number of nitrogens with zero attached hydrogens (tertiary/aromatic N) is 2. The lowest BCUT2D eigenvalue weighted by Gasteiger charge is -2.09. The van der Waals surface area contributed by atoms with Crippen molar-refractivity contribution in [2.45, 2.75) is 26.0 Å². The van der Waals surface area contributed by atoms with Gasteiger partial charge in [-0.15, -0.1) is 0 Å². The number of aromatic nitrogens is 2. The van der Waals surface area contributed by atoms with Crippen LogP contribution in [0.5, 0.6) is 0 Å². The van der Waals surface area contributed by atoms with Crippen molar-refractivity contribution in [3.05, 3.63) is 27.0 Å². The highest BCUT2D eigenvalue weighted by Gasteiger charge is 2.07. The van der Waals surface area contributed by atoms with Gasteiger partial charge < -0.3 is 15.4 Å². The molecule has 6 heteroatoms. The van der Waals surface area contributed by atoms with E-state index in [1.54, 1.807) is 6.92 Å². The van der Waals surface area contributed by atoms with Crippen molar-refractivity contribution in [2.24, 2.45) is 7.05 Å². The van der Waals surface area contributed by atoms with Gasteiger partial charge in [0.05, 0.1) is 6.10 Å². The number of rotatable bonds is 3. The van der Waals surface area contributed by atoms with E-state index in [0.717, 1.165) is 4.57 Å². The van der Waals surface area contributed by atoms with Crippen molar-refractivity contribution in [3.63, 3.8) is 0 Å². The largest absolute Gasteiger partial charge is 0.393 e. The number of hydrogen-bond donors (Lipinski definition) is 2. The second-order valence-electron chi connectivity index (χ2n) is 3.57. The first-order valence-corrected chi connectivity index (χ1v) is 4.67. The fourth-order valence-corrected chi connectivity index (χ4v) is 1.27. The van der Waals surface area contributed by atoms with Gasteiger partial charge in [0.25, 0.3) is 5.56 Å². The second kappa shape index (κ2) is 4.31. The standard InChI is InChI=1S/C9H15N3O3/c1-6(13)3-4-12-8(14)7(10)5-11(2)9(12)15/h5-6,13H,3-4,10H2,1-2H3. The van der Waals surface area contributed by atoms with E-state index >= 15 is 0 Å². The third-order valence-corrected chi connectivity index (χ3v) is 2.13. The van der Waals surface area contributed by atoms with Crippen LogP contribution in [0, 0.1) is 0 Å². The molecule has 0 radical (unpaired) electrons. The van der Waals surface area contributed by atoms with Gasteiger partial charge in [-0.3, -0.25) is 9.36 Å². The Labute approximate surface area is 86.6 Å². The average Bonchev–Trinajstić information content (AvgIpc) is 2.14. The molecule has 0 aliphatic carbocycles. The summed E-state index contributed by atoms with van der Waals surface area (Å²) in [4.78, 5) is 23.0. The zero-order chi connectivity index (χ0) is 11.6. The van der Waals surface area contributed by atoms with E-state index in [4.69, 9.17) is 10.8 Å². The Kier molecular flexibility index (Phi) is 3.31. The summed E-state index contributed by atoms with van der Waals surface area (Å²) in [6.07, 6.45) is 1.09. The van der Waals surface area contributed by atoms with Crippen molar-refractivity contribution in [1.29, 1.82) is 0 Å². The molecule has 3 N–H and O–H groups in total. The number of hydrogen-bond acceptors (Lipinski definition) is 4. The molecule has 1 rings (SSSR count). The quantitative estimate of drug-likeness (QED) is 0.667. The molecular weight excluding hydrogens is 198 g/mol. The molecule has 1 heterocycles. The normalized spacial score (nSPS) is 12.7. The molecule has 0 fully saturated rings. The summed E-state index contributed by atoms with van der Waals surface area (Å²) in [7, 11) is 1.52. The third-order valence-electron chi connectivity index (χ3n) is 2.13. The maximum absolute atomic E-state index is 11.5. The van der Waals surface area contributed by atoms with Gasteiger partial charge in [-0.1, -0.05) is 0 Å². The summed E-state index contributed by atoms with van der Waals surface area (Å²) in [6.45, 7) is 1.77. The summed E-state index contributed by atoms with van der Waals surface area (Å²) in [5.41, 5.74) is 4.55. The van der Waals surface area contributed by atoms with Gasteiger partial charge in [-0.05, 0) is 13.3 Å². The molecule has 0 bridgehead atoms. The summed E-state index contributed by atoms with van der Waals surface area (Å²) in [5, 5.41) is 9.08. The molecule has 1 aromatic rings. The molecule has 0 aliphatic heterocycles. The van der Waals surface area contributed by atoms with Crippen molar-refractivity contribution in [1.82, 2.24) is 9.13 Å². The molecular formula is C9H15N3O3. The minimum atomic E-state index is -0.553. The van der Waals surface area contributed by atoms with Crippen molar-refractivity contribution >= 4 is 5.69 Å². The monoisotopic (exact) mass is 213 g/mol. The van der Waals surface area contributed by atoms with Crippen LogP contribution in [0.1, 0.15) is 13.3 Å². The Morgan fingerprint density at radius 2 is 2.13 bits per heavy atom. The Morgan fingerprint density at radius 3 is 2.67 bits per heavy atom. The second-order valence-corrected chi connectivity index (χ2v) is 3.57. The molecule has 6 nitrogen and oxygen atoms in total. The minimum Gasteiger partial charge on any atom is -0.393 e. The van der Waals surface area contributed by atoms with Crippen LogP contribution in [-0.2, 0) is 13.6 Å².